The van der Waals surface area contributed by atoms with Crippen molar-refractivity contribution in [2.75, 3.05) is 14.2 Å². The summed E-state index contributed by atoms with van der Waals surface area (Å²) in [5.41, 5.74) is 0. The first kappa shape index (κ1) is 9.00. The lowest BCUT2D eigenvalue weighted by Gasteiger charge is -2.08. The second-order valence-electron chi connectivity index (χ2n) is 2.13. The molecular weight excluding hydrogens is 180 g/mol. The molecule has 12 heavy (non-hydrogen) atoms. The number of benzene rings is 1. The van der Waals surface area contributed by atoms with Crippen molar-refractivity contribution < 1.29 is 14.6 Å². The van der Waals surface area contributed by atoms with Crippen molar-refractivity contribution in [2.24, 2.45) is 0 Å². The summed E-state index contributed by atoms with van der Waals surface area (Å²) in [5.74, 6) is 0.714. The smallest absolute Gasteiger partial charge is 0.182 e. The first-order valence-corrected chi connectivity index (χ1v) is 3.68. The Morgan fingerprint density at radius 3 is 2.42 bits per heavy atom. The van der Waals surface area contributed by atoms with Crippen LogP contribution in [0, 0.1) is 0 Å². The molecule has 0 aliphatic carbocycles. The van der Waals surface area contributed by atoms with Crippen LogP contribution in [0.3, 0.4) is 0 Å². The zero-order valence-corrected chi connectivity index (χ0v) is 7.55. The quantitative estimate of drug-likeness (QED) is 0.772. The van der Waals surface area contributed by atoms with E-state index in [1.54, 1.807) is 6.07 Å². The van der Waals surface area contributed by atoms with Crippen LogP contribution in [-0.4, -0.2) is 19.3 Å². The van der Waals surface area contributed by atoms with Crippen molar-refractivity contribution in [1.82, 2.24) is 0 Å². The van der Waals surface area contributed by atoms with Gasteiger partial charge in [0.05, 0.1) is 14.2 Å². The summed E-state index contributed by atoms with van der Waals surface area (Å²) >= 11 is 5.80. The van der Waals surface area contributed by atoms with Crippen LogP contribution in [0.5, 0.6) is 17.2 Å². The number of halogens is 1. The number of hydrogen-bond donors (Lipinski definition) is 1. The third-order valence-corrected chi connectivity index (χ3v) is 1.82. The molecule has 0 atom stereocenters. The molecule has 66 valence electrons. The molecular formula is C8H9ClO3. The third kappa shape index (κ3) is 1.41. The van der Waals surface area contributed by atoms with E-state index >= 15 is 0 Å². The van der Waals surface area contributed by atoms with E-state index in [4.69, 9.17) is 21.1 Å². The fourth-order valence-corrected chi connectivity index (χ4v) is 1.19. The fraction of sp³-hybridized carbons (Fsp3) is 0.250. The van der Waals surface area contributed by atoms with Crippen LogP contribution in [0.15, 0.2) is 12.1 Å². The van der Waals surface area contributed by atoms with Gasteiger partial charge in [-0.2, -0.15) is 0 Å². The SMILES string of the molecule is COc1ccc(O)c(OC)c1Cl. The van der Waals surface area contributed by atoms with Gasteiger partial charge in [-0.05, 0) is 12.1 Å². The molecule has 1 aromatic rings. The lowest BCUT2D eigenvalue weighted by molar-refractivity contribution is 0.364. The van der Waals surface area contributed by atoms with Gasteiger partial charge in [0.2, 0.25) is 0 Å². The van der Waals surface area contributed by atoms with E-state index in [2.05, 4.69) is 0 Å². The Hall–Kier alpha value is -1.09. The summed E-state index contributed by atoms with van der Waals surface area (Å²) in [5, 5.41) is 9.52. The van der Waals surface area contributed by atoms with Crippen LogP contribution >= 0.6 is 11.6 Å². The highest BCUT2D eigenvalue weighted by molar-refractivity contribution is 6.33. The highest BCUT2D eigenvalue weighted by Gasteiger charge is 2.11. The van der Waals surface area contributed by atoms with Gasteiger partial charge in [-0.25, -0.2) is 0 Å². The average molecular weight is 189 g/mol. The Kier molecular flexibility index (Phi) is 2.65. The van der Waals surface area contributed by atoms with Crippen LogP contribution in [-0.2, 0) is 0 Å². The molecule has 1 aromatic carbocycles. The standard InChI is InChI=1S/C8H9ClO3/c1-11-6-4-3-5(10)8(12-2)7(6)9/h3-4,10H,1-2H3. The monoisotopic (exact) mass is 188 g/mol. The molecule has 4 heteroatoms. The lowest BCUT2D eigenvalue weighted by atomic mass is 10.3. The molecule has 0 heterocycles. The minimum atomic E-state index is 0.00306. The van der Waals surface area contributed by atoms with Gasteiger partial charge in [-0.3, -0.25) is 0 Å². The molecule has 0 saturated carbocycles. The zero-order chi connectivity index (χ0) is 9.14. The summed E-state index contributed by atoms with van der Waals surface area (Å²) in [6.45, 7) is 0. The molecule has 1 N–H and O–H groups in total. The van der Waals surface area contributed by atoms with Crippen molar-refractivity contribution in [1.29, 1.82) is 0 Å². The van der Waals surface area contributed by atoms with E-state index in [-0.39, 0.29) is 16.5 Å². The number of phenolic OH excluding ortho intramolecular Hbond substituents is 1. The van der Waals surface area contributed by atoms with Crippen molar-refractivity contribution in [3.05, 3.63) is 17.2 Å². The molecule has 1 rings (SSSR count). The zero-order valence-electron chi connectivity index (χ0n) is 6.80. The lowest BCUT2D eigenvalue weighted by Crippen LogP contribution is -1.89. The summed E-state index contributed by atoms with van der Waals surface area (Å²) in [6.07, 6.45) is 0. The number of rotatable bonds is 2. The van der Waals surface area contributed by atoms with Crippen LogP contribution in [0.4, 0.5) is 0 Å². The molecule has 0 amide bonds. The predicted molar refractivity (Wildman–Crippen MR) is 46.2 cm³/mol. The van der Waals surface area contributed by atoms with Crippen molar-refractivity contribution in [3.8, 4) is 17.2 Å². The van der Waals surface area contributed by atoms with E-state index in [1.807, 2.05) is 0 Å². The first-order chi connectivity index (χ1) is 5.70. The molecule has 0 spiro atoms. The molecule has 0 fully saturated rings. The van der Waals surface area contributed by atoms with Crippen molar-refractivity contribution >= 4 is 11.6 Å². The molecule has 0 unspecified atom stereocenters. The fourth-order valence-electron chi connectivity index (χ4n) is 0.880. The Labute approximate surface area is 75.5 Å². The Morgan fingerprint density at radius 2 is 1.92 bits per heavy atom. The summed E-state index contributed by atoms with van der Waals surface area (Å²) in [6, 6.07) is 3.03. The van der Waals surface area contributed by atoms with Gasteiger partial charge in [0.15, 0.2) is 11.5 Å². The predicted octanol–water partition coefficient (Wildman–Crippen LogP) is 2.06. The molecule has 0 bridgehead atoms. The van der Waals surface area contributed by atoms with Gasteiger partial charge in [-0.15, -0.1) is 0 Å². The highest BCUT2D eigenvalue weighted by Crippen LogP contribution is 2.40. The van der Waals surface area contributed by atoms with Gasteiger partial charge < -0.3 is 14.6 Å². The first-order valence-electron chi connectivity index (χ1n) is 3.30. The van der Waals surface area contributed by atoms with Crippen LogP contribution in [0.2, 0.25) is 5.02 Å². The van der Waals surface area contributed by atoms with Gasteiger partial charge in [0.1, 0.15) is 10.8 Å². The Balaban J connectivity index is 3.24. The molecule has 3 nitrogen and oxygen atoms in total. The largest absolute Gasteiger partial charge is 0.504 e. The second kappa shape index (κ2) is 3.54. The van der Waals surface area contributed by atoms with Crippen molar-refractivity contribution in [3.63, 3.8) is 0 Å². The van der Waals surface area contributed by atoms with Gasteiger partial charge in [0.25, 0.3) is 0 Å². The number of aromatic hydroxyl groups is 1. The second-order valence-corrected chi connectivity index (χ2v) is 2.51. The Morgan fingerprint density at radius 1 is 1.25 bits per heavy atom. The molecule has 0 aliphatic rings. The number of ether oxygens (including phenoxy) is 2. The van der Waals surface area contributed by atoms with E-state index in [1.165, 1.54) is 20.3 Å². The minimum absolute atomic E-state index is 0.00306. The molecule has 0 saturated heterocycles. The number of methoxy groups -OCH3 is 2. The summed E-state index contributed by atoms with van der Waals surface area (Å²) in [7, 11) is 2.93. The summed E-state index contributed by atoms with van der Waals surface area (Å²) in [4.78, 5) is 0. The van der Waals surface area contributed by atoms with Crippen molar-refractivity contribution in [2.45, 2.75) is 0 Å². The number of phenols is 1. The molecule has 0 aliphatic heterocycles. The summed E-state index contributed by atoms with van der Waals surface area (Å²) < 4.78 is 9.78. The van der Waals surface area contributed by atoms with E-state index in [9.17, 15) is 5.11 Å². The Bertz CT molecular complexity index is 286. The third-order valence-electron chi connectivity index (χ3n) is 1.46. The topological polar surface area (TPSA) is 38.7 Å². The van der Waals surface area contributed by atoms with Gasteiger partial charge >= 0.3 is 0 Å². The van der Waals surface area contributed by atoms with Gasteiger partial charge in [-0.1, -0.05) is 11.6 Å². The minimum Gasteiger partial charge on any atom is -0.504 e. The molecule has 0 aromatic heterocycles. The maximum Gasteiger partial charge on any atom is 0.182 e. The average Bonchev–Trinajstić information content (AvgIpc) is 2.06. The van der Waals surface area contributed by atoms with Crippen LogP contribution < -0.4 is 9.47 Å². The van der Waals surface area contributed by atoms with Gasteiger partial charge in [0, 0.05) is 0 Å². The van der Waals surface area contributed by atoms with Crippen LogP contribution in [0.1, 0.15) is 0 Å². The van der Waals surface area contributed by atoms with E-state index < -0.39 is 0 Å². The maximum atomic E-state index is 9.25. The normalized spacial score (nSPS) is 9.58. The highest BCUT2D eigenvalue weighted by atomic mass is 35.5. The van der Waals surface area contributed by atoms with E-state index in [0.29, 0.717) is 5.75 Å². The number of hydrogen-bond acceptors (Lipinski definition) is 3. The van der Waals surface area contributed by atoms with E-state index in [0.717, 1.165) is 0 Å². The van der Waals surface area contributed by atoms with Crippen LogP contribution in [0.25, 0.3) is 0 Å². The maximum absolute atomic E-state index is 9.25. The molecule has 0 radical (unpaired) electrons.